The van der Waals surface area contributed by atoms with Gasteiger partial charge in [-0.3, -0.25) is 0 Å². The first-order chi connectivity index (χ1) is 7.55. The first-order valence-electron chi connectivity index (χ1n) is 6.03. The van der Waals surface area contributed by atoms with Gasteiger partial charge in [-0.1, -0.05) is 37.6 Å². The third kappa shape index (κ3) is 4.33. The number of aliphatic hydroxyl groups is 1. The topological polar surface area (TPSA) is 32.3 Å². The van der Waals surface area contributed by atoms with Gasteiger partial charge in [0.15, 0.2) is 0 Å². The number of nitrogens with one attached hydrogen (secondary N) is 1. The monoisotopic (exact) mass is 221 g/mol. The lowest BCUT2D eigenvalue weighted by Gasteiger charge is -2.23. The highest BCUT2D eigenvalue weighted by Crippen LogP contribution is 2.11. The molecule has 0 aliphatic heterocycles. The van der Waals surface area contributed by atoms with Crippen molar-refractivity contribution in [2.45, 2.75) is 45.8 Å². The van der Waals surface area contributed by atoms with Gasteiger partial charge >= 0.3 is 0 Å². The van der Waals surface area contributed by atoms with Crippen molar-refractivity contribution in [2.24, 2.45) is 0 Å². The molecule has 2 N–H and O–H groups in total. The summed E-state index contributed by atoms with van der Waals surface area (Å²) in [7, 11) is 0. The van der Waals surface area contributed by atoms with Crippen LogP contribution in [0.4, 0.5) is 0 Å². The average Bonchev–Trinajstić information content (AvgIpc) is 2.20. The second kappa shape index (κ2) is 6.02. The van der Waals surface area contributed by atoms with E-state index in [0.29, 0.717) is 6.54 Å². The van der Waals surface area contributed by atoms with Gasteiger partial charge in [0.1, 0.15) is 0 Å². The van der Waals surface area contributed by atoms with Crippen molar-refractivity contribution in [3.8, 4) is 0 Å². The Kier molecular flexibility index (Phi) is 4.97. The molecule has 0 saturated heterocycles. The molecule has 1 atom stereocenters. The molecule has 0 spiro atoms. The van der Waals surface area contributed by atoms with E-state index in [1.54, 1.807) is 0 Å². The van der Waals surface area contributed by atoms with Crippen LogP contribution in [0.3, 0.4) is 0 Å². The van der Waals surface area contributed by atoms with Crippen molar-refractivity contribution in [1.82, 2.24) is 5.32 Å². The zero-order chi connectivity index (χ0) is 12.0. The summed E-state index contributed by atoms with van der Waals surface area (Å²) in [5.41, 5.74) is 2.01. The Labute approximate surface area is 98.7 Å². The van der Waals surface area contributed by atoms with Crippen molar-refractivity contribution < 1.29 is 5.11 Å². The van der Waals surface area contributed by atoms with Crippen LogP contribution in [0.15, 0.2) is 24.3 Å². The largest absolute Gasteiger partial charge is 0.389 e. The van der Waals surface area contributed by atoms with Crippen molar-refractivity contribution in [1.29, 1.82) is 0 Å². The fourth-order valence-electron chi connectivity index (χ4n) is 1.90. The van der Waals surface area contributed by atoms with E-state index in [2.05, 4.69) is 31.3 Å². The Bertz CT molecular complexity index is 320. The van der Waals surface area contributed by atoms with Crippen molar-refractivity contribution in [2.75, 3.05) is 6.54 Å². The Hall–Kier alpha value is -0.860. The van der Waals surface area contributed by atoms with Crippen LogP contribution in [0.25, 0.3) is 0 Å². The maximum absolute atomic E-state index is 10.00. The van der Waals surface area contributed by atoms with Crippen LogP contribution in [-0.2, 0) is 6.54 Å². The maximum Gasteiger partial charge on any atom is 0.0743 e. The van der Waals surface area contributed by atoms with Crippen LogP contribution in [0.1, 0.15) is 37.8 Å². The van der Waals surface area contributed by atoms with Crippen LogP contribution in [0.5, 0.6) is 0 Å². The Morgan fingerprint density at radius 3 is 2.62 bits per heavy atom. The quantitative estimate of drug-likeness (QED) is 0.774. The summed E-state index contributed by atoms with van der Waals surface area (Å²) >= 11 is 0. The van der Waals surface area contributed by atoms with Crippen LogP contribution in [-0.4, -0.2) is 17.3 Å². The Morgan fingerprint density at radius 1 is 1.31 bits per heavy atom. The molecular formula is C14H23NO. The summed E-state index contributed by atoms with van der Waals surface area (Å²) in [6, 6.07) is 8.33. The summed E-state index contributed by atoms with van der Waals surface area (Å²) in [5.74, 6) is 0. The van der Waals surface area contributed by atoms with Crippen LogP contribution < -0.4 is 5.32 Å². The minimum Gasteiger partial charge on any atom is -0.389 e. The maximum atomic E-state index is 10.00. The SMILES string of the molecule is CCCC(C)(O)CNCc1ccccc1C. The molecule has 0 aliphatic rings. The first-order valence-corrected chi connectivity index (χ1v) is 6.03. The average molecular weight is 221 g/mol. The summed E-state index contributed by atoms with van der Waals surface area (Å²) in [4.78, 5) is 0. The molecule has 90 valence electrons. The molecule has 1 unspecified atom stereocenters. The van der Waals surface area contributed by atoms with Gasteiger partial charge in [-0.2, -0.15) is 0 Å². The zero-order valence-corrected chi connectivity index (χ0v) is 10.6. The highest BCUT2D eigenvalue weighted by atomic mass is 16.3. The van der Waals surface area contributed by atoms with Crippen molar-refractivity contribution >= 4 is 0 Å². The second-order valence-corrected chi connectivity index (χ2v) is 4.78. The first kappa shape index (κ1) is 13.2. The van der Waals surface area contributed by atoms with Gasteiger partial charge in [-0.15, -0.1) is 0 Å². The van der Waals surface area contributed by atoms with Crippen LogP contribution in [0.2, 0.25) is 0 Å². The van der Waals surface area contributed by atoms with E-state index in [4.69, 9.17) is 0 Å². The van der Waals surface area contributed by atoms with Gasteiger partial charge < -0.3 is 10.4 Å². The highest BCUT2D eigenvalue weighted by molar-refractivity contribution is 5.25. The molecule has 1 aromatic carbocycles. The van der Waals surface area contributed by atoms with Gasteiger partial charge in [0.25, 0.3) is 0 Å². The fourth-order valence-corrected chi connectivity index (χ4v) is 1.90. The van der Waals surface area contributed by atoms with E-state index < -0.39 is 5.60 Å². The molecule has 0 fully saturated rings. The Morgan fingerprint density at radius 2 is 2.00 bits per heavy atom. The van der Waals surface area contributed by atoms with Gasteiger partial charge in [0.05, 0.1) is 5.60 Å². The van der Waals surface area contributed by atoms with E-state index in [0.717, 1.165) is 19.4 Å². The molecule has 0 heterocycles. The molecule has 0 aliphatic carbocycles. The lowest BCUT2D eigenvalue weighted by molar-refractivity contribution is 0.0498. The van der Waals surface area contributed by atoms with E-state index in [-0.39, 0.29) is 0 Å². The molecule has 0 aromatic heterocycles. The second-order valence-electron chi connectivity index (χ2n) is 4.78. The predicted molar refractivity (Wildman–Crippen MR) is 68.4 cm³/mol. The molecule has 0 bridgehead atoms. The number of hydrogen-bond donors (Lipinski definition) is 2. The smallest absolute Gasteiger partial charge is 0.0743 e. The minimum absolute atomic E-state index is 0.586. The van der Waals surface area contributed by atoms with Crippen LogP contribution in [0, 0.1) is 6.92 Å². The molecule has 0 saturated carbocycles. The molecule has 16 heavy (non-hydrogen) atoms. The number of benzene rings is 1. The van der Waals surface area contributed by atoms with E-state index in [9.17, 15) is 5.11 Å². The number of rotatable bonds is 6. The van der Waals surface area contributed by atoms with Gasteiger partial charge in [0, 0.05) is 13.1 Å². The molecule has 1 rings (SSSR count). The third-order valence-electron chi connectivity index (χ3n) is 2.87. The summed E-state index contributed by atoms with van der Waals surface area (Å²) in [6.45, 7) is 7.57. The lowest BCUT2D eigenvalue weighted by Crippen LogP contribution is -2.37. The number of hydrogen-bond acceptors (Lipinski definition) is 2. The standard InChI is InChI=1S/C14H23NO/c1-4-9-14(3,16)11-15-10-13-8-6-5-7-12(13)2/h5-8,15-16H,4,9-11H2,1-3H3. The highest BCUT2D eigenvalue weighted by Gasteiger charge is 2.17. The summed E-state index contributed by atoms with van der Waals surface area (Å²) in [5, 5.41) is 13.3. The summed E-state index contributed by atoms with van der Waals surface area (Å²) in [6.07, 6.45) is 1.85. The van der Waals surface area contributed by atoms with Crippen molar-refractivity contribution in [3.63, 3.8) is 0 Å². The summed E-state index contributed by atoms with van der Waals surface area (Å²) < 4.78 is 0. The van der Waals surface area contributed by atoms with E-state index >= 15 is 0 Å². The van der Waals surface area contributed by atoms with Crippen molar-refractivity contribution in [3.05, 3.63) is 35.4 Å². The van der Waals surface area contributed by atoms with Gasteiger partial charge in [-0.05, 0) is 31.4 Å². The predicted octanol–water partition coefficient (Wildman–Crippen LogP) is 2.64. The molecule has 0 radical (unpaired) electrons. The number of aryl methyl sites for hydroxylation is 1. The minimum atomic E-state index is -0.586. The fraction of sp³-hybridized carbons (Fsp3) is 0.571. The molecule has 1 aromatic rings. The molecule has 0 amide bonds. The van der Waals surface area contributed by atoms with Gasteiger partial charge in [-0.25, -0.2) is 0 Å². The normalized spacial score (nSPS) is 14.8. The molecule has 2 heteroatoms. The van der Waals surface area contributed by atoms with Crippen LogP contribution >= 0.6 is 0 Å². The Balaban J connectivity index is 2.39. The molecule has 2 nitrogen and oxygen atoms in total. The van der Waals surface area contributed by atoms with E-state index in [1.807, 2.05) is 19.1 Å². The zero-order valence-electron chi connectivity index (χ0n) is 10.6. The van der Waals surface area contributed by atoms with E-state index in [1.165, 1.54) is 11.1 Å². The molecular weight excluding hydrogens is 198 g/mol. The van der Waals surface area contributed by atoms with Gasteiger partial charge in [0.2, 0.25) is 0 Å². The third-order valence-corrected chi connectivity index (χ3v) is 2.87. The lowest BCUT2D eigenvalue weighted by atomic mass is 10.0.